The van der Waals surface area contributed by atoms with E-state index in [9.17, 15) is 23.6 Å². The zero-order valence-corrected chi connectivity index (χ0v) is 18.9. The van der Waals surface area contributed by atoms with E-state index in [1.54, 1.807) is 43.4 Å². The number of aryl methyl sites for hydroxylation is 1. The van der Waals surface area contributed by atoms with Gasteiger partial charge in [0.2, 0.25) is 5.88 Å². The van der Waals surface area contributed by atoms with Crippen LogP contribution in [0.2, 0.25) is 0 Å². The van der Waals surface area contributed by atoms with E-state index in [0.717, 1.165) is 6.07 Å². The van der Waals surface area contributed by atoms with Crippen molar-refractivity contribution in [2.75, 3.05) is 11.8 Å². The molecule has 0 unspecified atom stereocenters. The SMILES string of the molecule is COc1ccc(NS(=O)(=O)c2ccc(N=Nc3c(O)n(C)c4ccccc34)c([N+](=O)[O-])c2)cc1. The third-order valence-corrected chi connectivity index (χ3v) is 6.48. The lowest BCUT2D eigenvalue weighted by atomic mass is 10.2. The molecule has 0 spiro atoms. The number of nitrogens with one attached hydrogen (secondary N) is 1. The molecule has 0 aliphatic heterocycles. The van der Waals surface area contributed by atoms with Gasteiger partial charge in [0.05, 0.1) is 22.4 Å². The number of fused-ring (bicyclic) bond motifs is 1. The number of nitrogens with zero attached hydrogens (tertiary/aromatic N) is 4. The molecule has 174 valence electrons. The van der Waals surface area contributed by atoms with Gasteiger partial charge in [-0.2, -0.15) is 0 Å². The first kappa shape index (κ1) is 22.7. The van der Waals surface area contributed by atoms with Crippen molar-refractivity contribution in [2.45, 2.75) is 4.90 Å². The molecule has 11 nitrogen and oxygen atoms in total. The number of anilines is 1. The maximum absolute atomic E-state index is 12.8. The molecule has 0 amide bonds. The molecule has 0 saturated heterocycles. The van der Waals surface area contributed by atoms with E-state index in [0.29, 0.717) is 16.7 Å². The summed E-state index contributed by atoms with van der Waals surface area (Å²) in [5, 5.41) is 30.6. The van der Waals surface area contributed by atoms with Gasteiger partial charge in [-0.3, -0.25) is 14.8 Å². The fraction of sp³-hybridized carbons (Fsp3) is 0.0909. The Hall–Kier alpha value is -4.45. The molecule has 0 aliphatic carbocycles. The minimum atomic E-state index is -4.12. The summed E-state index contributed by atoms with van der Waals surface area (Å²) in [6.07, 6.45) is 0. The van der Waals surface area contributed by atoms with Crippen molar-refractivity contribution in [3.63, 3.8) is 0 Å². The molecular weight excluding hydrogens is 462 g/mol. The highest BCUT2D eigenvalue weighted by atomic mass is 32.2. The predicted molar refractivity (Wildman–Crippen MR) is 126 cm³/mol. The zero-order chi connectivity index (χ0) is 24.5. The van der Waals surface area contributed by atoms with E-state index in [1.807, 2.05) is 0 Å². The lowest BCUT2D eigenvalue weighted by Gasteiger charge is -2.09. The number of benzene rings is 3. The summed E-state index contributed by atoms with van der Waals surface area (Å²) < 4.78 is 34.4. The van der Waals surface area contributed by atoms with E-state index in [2.05, 4.69) is 15.0 Å². The summed E-state index contributed by atoms with van der Waals surface area (Å²) in [5.74, 6) is 0.390. The first-order valence-corrected chi connectivity index (χ1v) is 11.3. The number of azo groups is 1. The van der Waals surface area contributed by atoms with Crippen LogP contribution in [0.25, 0.3) is 10.9 Å². The summed E-state index contributed by atoms with van der Waals surface area (Å²) in [6.45, 7) is 0. The van der Waals surface area contributed by atoms with Gasteiger partial charge < -0.3 is 14.4 Å². The summed E-state index contributed by atoms with van der Waals surface area (Å²) in [7, 11) is -0.983. The molecular formula is C22H19N5O6S. The topological polar surface area (TPSA) is 148 Å². The Bertz CT molecular complexity index is 1530. The molecule has 4 rings (SSSR count). The Morgan fingerprint density at radius 3 is 2.44 bits per heavy atom. The molecule has 1 aromatic heterocycles. The minimum Gasteiger partial charge on any atom is -0.497 e. The second-order valence-corrected chi connectivity index (χ2v) is 8.87. The van der Waals surface area contributed by atoms with Crippen molar-refractivity contribution in [1.29, 1.82) is 0 Å². The third-order valence-electron chi connectivity index (χ3n) is 5.10. The number of sulfonamides is 1. The van der Waals surface area contributed by atoms with Crippen molar-refractivity contribution < 1.29 is 23.2 Å². The Balaban J connectivity index is 1.68. The molecule has 1 heterocycles. The largest absolute Gasteiger partial charge is 0.497 e. The molecule has 0 atom stereocenters. The smallest absolute Gasteiger partial charge is 0.298 e. The van der Waals surface area contributed by atoms with Crippen LogP contribution in [0.4, 0.5) is 22.7 Å². The molecule has 0 saturated carbocycles. The molecule has 0 fully saturated rings. The lowest BCUT2D eigenvalue weighted by Crippen LogP contribution is -2.13. The number of aromatic nitrogens is 1. The molecule has 12 heteroatoms. The summed E-state index contributed by atoms with van der Waals surface area (Å²) >= 11 is 0. The van der Waals surface area contributed by atoms with Crippen LogP contribution in [-0.2, 0) is 17.1 Å². The number of methoxy groups -OCH3 is 1. The third kappa shape index (κ3) is 4.26. The number of aromatic hydroxyl groups is 1. The highest BCUT2D eigenvalue weighted by Crippen LogP contribution is 2.39. The van der Waals surface area contributed by atoms with Crippen molar-refractivity contribution >= 4 is 43.7 Å². The number of hydrogen-bond acceptors (Lipinski definition) is 8. The molecule has 34 heavy (non-hydrogen) atoms. The van der Waals surface area contributed by atoms with Crippen molar-refractivity contribution in [2.24, 2.45) is 17.3 Å². The van der Waals surface area contributed by atoms with E-state index < -0.39 is 20.6 Å². The van der Waals surface area contributed by atoms with Crippen molar-refractivity contribution in [3.8, 4) is 11.6 Å². The monoisotopic (exact) mass is 481 g/mol. The average molecular weight is 481 g/mol. The second kappa shape index (κ2) is 8.83. The highest BCUT2D eigenvalue weighted by Gasteiger charge is 2.22. The van der Waals surface area contributed by atoms with Crippen LogP contribution in [0.5, 0.6) is 11.6 Å². The lowest BCUT2D eigenvalue weighted by molar-refractivity contribution is -0.384. The zero-order valence-electron chi connectivity index (χ0n) is 18.0. The van der Waals surface area contributed by atoms with Crippen LogP contribution in [0, 0.1) is 10.1 Å². The van der Waals surface area contributed by atoms with Crippen molar-refractivity contribution in [3.05, 3.63) is 76.8 Å². The van der Waals surface area contributed by atoms with Gasteiger partial charge in [-0.15, -0.1) is 10.2 Å². The van der Waals surface area contributed by atoms with Gasteiger partial charge in [0, 0.05) is 24.2 Å². The van der Waals surface area contributed by atoms with Crippen molar-refractivity contribution in [1.82, 2.24) is 4.57 Å². The highest BCUT2D eigenvalue weighted by molar-refractivity contribution is 7.92. The van der Waals surface area contributed by atoms with Gasteiger partial charge in [0.15, 0.2) is 11.4 Å². The molecule has 0 aliphatic rings. The molecule has 4 aromatic rings. The number of rotatable bonds is 7. The summed E-state index contributed by atoms with van der Waals surface area (Å²) in [5.41, 5.74) is 0.389. The molecule has 2 N–H and O–H groups in total. The van der Waals surface area contributed by atoms with Crippen LogP contribution < -0.4 is 9.46 Å². The predicted octanol–water partition coefficient (Wildman–Crippen LogP) is 5.02. The van der Waals surface area contributed by atoms with E-state index in [4.69, 9.17) is 4.74 Å². The van der Waals surface area contributed by atoms with Crippen LogP contribution in [-0.4, -0.2) is 30.1 Å². The Morgan fingerprint density at radius 1 is 1.06 bits per heavy atom. The molecule has 0 bridgehead atoms. The standard InChI is InChI=1S/C22H19N5O6S/c1-26-19-6-4-3-5-17(19)21(22(26)28)24-23-18-12-11-16(13-20(18)27(29)30)34(31,32)25-14-7-9-15(33-2)10-8-14/h3-13,25,28H,1-2H3. The van der Waals surface area contributed by atoms with Crippen LogP contribution in [0.1, 0.15) is 0 Å². The minimum absolute atomic E-state index is 0.144. The van der Waals surface area contributed by atoms with Crippen LogP contribution >= 0.6 is 0 Å². The summed E-state index contributed by atoms with van der Waals surface area (Å²) in [6, 6.07) is 16.5. The number of nitro benzene ring substituents is 1. The Kier molecular flexibility index (Phi) is 5.90. The maximum Gasteiger partial charge on any atom is 0.298 e. The fourth-order valence-corrected chi connectivity index (χ4v) is 4.41. The normalized spacial score (nSPS) is 11.7. The van der Waals surface area contributed by atoms with E-state index in [-0.39, 0.29) is 27.8 Å². The number of hydrogen-bond donors (Lipinski definition) is 2. The fourth-order valence-electron chi connectivity index (χ4n) is 3.34. The van der Waals surface area contributed by atoms with Gasteiger partial charge in [-0.1, -0.05) is 18.2 Å². The van der Waals surface area contributed by atoms with Crippen LogP contribution in [0.15, 0.2) is 81.9 Å². The van der Waals surface area contributed by atoms with Gasteiger partial charge >= 0.3 is 0 Å². The first-order valence-electron chi connectivity index (χ1n) is 9.84. The quantitative estimate of drug-likeness (QED) is 0.215. The van der Waals surface area contributed by atoms with Gasteiger partial charge in [0.25, 0.3) is 15.7 Å². The number of ether oxygens (including phenoxy) is 1. The second-order valence-electron chi connectivity index (χ2n) is 7.19. The van der Waals surface area contributed by atoms with Gasteiger partial charge in [-0.25, -0.2) is 8.42 Å². The Morgan fingerprint density at radius 2 is 1.76 bits per heavy atom. The number of para-hydroxylation sites is 1. The van der Waals surface area contributed by atoms with Gasteiger partial charge in [-0.05, 0) is 42.5 Å². The Labute approximate surface area is 194 Å². The average Bonchev–Trinajstić information content (AvgIpc) is 3.07. The first-order chi connectivity index (χ1) is 16.2. The van der Waals surface area contributed by atoms with E-state index >= 15 is 0 Å². The maximum atomic E-state index is 12.8. The molecule has 3 aromatic carbocycles. The number of nitro groups is 1. The van der Waals surface area contributed by atoms with Crippen LogP contribution in [0.3, 0.4) is 0 Å². The molecule has 0 radical (unpaired) electrons. The van der Waals surface area contributed by atoms with E-state index in [1.165, 1.54) is 35.9 Å². The van der Waals surface area contributed by atoms with Gasteiger partial charge in [0.1, 0.15) is 5.75 Å². The summed E-state index contributed by atoms with van der Waals surface area (Å²) in [4.78, 5) is 10.6.